The van der Waals surface area contributed by atoms with Gasteiger partial charge in [-0.15, -0.1) is 0 Å². The van der Waals surface area contributed by atoms with Gasteiger partial charge in [-0.1, -0.05) is 40.3 Å². The number of carbonyl (C=O) groups is 1. The zero-order valence-electron chi connectivity index (χ0n) is 14.7. The summed E-state index contributed by atoms with van der Waals surface area (Å²) in [5.74, 6) is 0.713. The molecule has 23 heavy (non-hydrogen) atoms. The van der Waals surface area contributed by atoms with Crippen LogP contribution in [0.15, 0.2) is 24.3 Å². The average molecular weight is 318 g/mol. The lowest BCUT2D eigenvalue weighted by Gasteiger charge is -2.63. The van der Waals surface area contributed by atoms with Crippen molar-refractivity contribution in [1.82, 2.24) is 0 Å². The third-order valence-corrected chi connectivity index (χ3v) is 7.58. The highest BCUT2D eigenvalue weighted by Crippen LogP contribution is 2.63. The molecule has 128 valence electrons. The van der Waals surface area contributed by atoms with Crippen LogP contribution >= 0.6 is 0 Å². The SMILES string of the molecule is C=CC1=CC(=O)[C@H]2[C@@H](CC[C@H]3C(C)(C)[C@@H](O)C[C@@H](O)[C@]23C)[C@@H]1C. The highest BCUT2D eigenvalue weighted by molar-refractivity contribution is 5.95. The van der Waals surface area contributed by atoms with Gasteiger partial charge in [0.05, 0.1) is 12.2 Å². The van der Waals surface area contributed by atoms with Crippen molar-refractivity contribution in [3.8, 4) is 0 Å². The fourth-order valence-electron chi connectivity index (χ4n) is 6.06. The van der Waals surface area contributed by atoms with Crippen molar-refractivity contribution in [3.63, 3.8) is 0 Å². The molecule has 2 fully saturated rings. The number of hydrogen-bond acceptors (Lipinski definition) is 3. The fraction of sp³-hybridized carbons (Fsp3) is 0.750. The first-order chi connectivity index (χ1) is 10.7. The molecule has 0 aromatic heterocycles. The third kappa shape index (κ3) is 2.12. The zero-order chi connectivity index (χ0) is 17.2. The summed E-state index contributed by atoms with van der Waals surface area (Å²) < 4.78 is 0. The maximum Gasteiger partial charge on any atom is 0.159 e. The summed E-state index contributed by atoms with van der Waals surface area (Å²) in [6.45, 7) is 12.3. The highest BCUT2D eigenvalue weighted by atomic mass is 16.3. The molecule has 0 saturated heterocycles. The predicted octanol–water partition coefficient (Wildman–Crippen LogP) is 3.12. The molecule has 2 saturated carbocycles. The number of carbonyl (C=O) groups excluding carboxylic acids is 1. The van der Waals surface area contributed by atoms with Crippen LogP contribution in [0.4, 0.5) is 0 Å². The molecular weight excluding hydrogens is 288 g/mol. The maximum absolute atomic E-state index is 12.9. The van der Waals surface area contributed by atoms with E-state index < -0.39 is 17.6 Å². The standard InChI is InChI=1S/C20H30O3/c1-6-12-9-14(21)18-13(11(12)2)7-8-15-19(3,4)16(22)10-17(23)20(15,18)5/h6,9,11,13,15-18,22-23H,1,7-8,10H2,2-5H3/t11-,13+,15+,16+,17-,18-,20-/m1/s1. The van der Waals surface area contributed by atoms with E-state index in [9.17, 15) is 15.0 Å². The van der Waals surface area contributed by atoms with Gasteiger partial charge < -0.3 is 10.2 Å². The van der Waals surface area contributed by atoms with E-state index in [2.05, 4.69) is 34.3 Å². The predicted molar refractivity (Wildman–Crippen MR) is 90.7 cm³/mol. The number of ketones is 1. The van der Waals surface area contributed by atoms with E-state index in [1.807, 2.05) is 0 Å². The van der Waals surface area contributed by atoms with Crippen molar-refractivity contribution in [1.29, 1.82) is 0 Å². The van der Waals surface area contributed by atoms with Crippen LogP contribution in [0.25, 0.3) is 0 Å². The van der Waals surface area contributed by atoms with E-state index in [0.717, 1.165) is 18.4 Å². The zero-order valence-corrected chi connectivity index (χ0v) is 14.7. The summed E-state index contributed by atoms with van der Waals surface area (Å²) >= 11 is 0. The van der Waals surface area contributed by atoms with E-state index in [-0.39, 0.29) is 29.0 Å². The Kier molecular flexibility index (Phi) is 3.89. The van der Waals surface area contributed by atoms with Gasteiger partial charge in [-0.3, -0.25) is 4.79 Å². The van der Waals surface area contributed by atoms with Gasteiger partial charge in [0.2, 0.25) is 0 Å². The smallest absolute Gasteiger partial charge is 0.159 e. The molecule has 0 aromatic rings. The number of allylic oxidation sites excluding steroid dienone is 3. The molecule has 0 spiro atoms. The molecule has 3 nitrogen and oxygen atoms in total. The molecule has 0 radical (unpaired) electrons. The van der Waals surface area contributed by atoms with Gasteiger partial charge in [0, 0.05) is 17.8 Å². The molecule has 3 heteroatoms. The van der Waals surface area contributed by atoms with Crippen molar-refractivity contribution in [2.24, 2.45) is 34.5 Å². The fourth-order valence-corrected chi connectivity index (χ4v) is 6.06. The Balaban J connectivity index is 2.09. The van der Waals surface area contributed by atoms with Crippen molar-refractivity contribution in [3.05, 3.63) is 24.3 Å². The van der Waals surface area contributed by atoms with Gasteiger partial charge in [-0.05, 0) is 47.7 Å². The van der Waals surface area contributed by atoms with E-state index >= 15 is 0 Å². The molecule has 0 aromatic carbocycles. The van der Waals surface area contributed by atoms with Gasteiger partial charge in [-0.2, -0.15) is 0 Å². The second kappa shape index (κ2) is 5.29. The maximum atomic E-state index is 12.9. The number of aliphatic hydroxyl groups excluding tert-OH is 2. The van der Waals surface area contributed by atoms with Crippen LogP contribution in [0, 0.1) is 34.5 Å². The minimum Gasteiger partial charge on any atom is -0.392 e. The molecule has 7 atom stereocenters. The van der Waals surface area contributed by atoms with E-state index in [1.165, 1.54) is 0 Å². The van der Waals surface area contributed by atoms with Crippen LogP contribution in [0.1, 0.15) is 47.0 Å². The van der Waals surface area contributed by atoms with Gasteiger partial charge in [0.1, 0.15) is 0 Å². The summed E-state index contributed by atoms with van der Waals surface area (Å²) in [7, 11) is 0. The van der Waals surface area contributed by atoms with Gasteiger partial charge in [0.15, 0.2) is 5.78 Å². The number of fused-ring (bicyclic) bond motifs is 3. The minimum absolute atomic E-state index is 0.140. The average Bonchev–Trinajstić information content (AvgIpc) is 2.48. The van der Waals surface area contributed by atoms with Crippen LogP contribution in [0.3, 0.4) is 0 Å². The lowest BCUT2D eigenvalue weighted by atomic mass is 9.42. The van der Waals surface area contributed by atoms with Crippen molar-refractivity contribution >= 4 is 5.78 Å². The Morgan fingerprint density at radius 3 is 2.48 bits per heavy atom. The second-order valence-corrected chi connectivity index (χ2v) is 8.77. The third-order valence-electron chi connectivity index (χ3n) is 7.58. The lowest BCUT2D eigenvalue weighted by molar-refractivity contribution is -0.209. The molecule has 3 aliphatic rings. The molecule has 0 bridgehead atoms. The van der Waals surface area contributed by atoms with Gasteiger partial charge in [0.25, 0.3) is 0 Å². The molecule has 3 aliphatic carbocycles. The van der Waals surface area contributed by atoms with E-state index in [1.54, 1.807) is 12.2 Å². The summed E-state index contributed by atoms with van der Waals surface area (Å²) in [6, 6.07) is 0. The van der Waals surface area contributed by atoms with Crippen LogP contribution < -0.4 is 0 Å². The second-order valence-electron chi connectivity index (χ2n) is 8.77. The Morgan fingerprint density at radius 2 is 1.87 bits per heavy atom. The Bertz CT molecular complexity index is 561. The lowest BCUT2D eigenvalue weighted by Crippen LogP contribution is -2.64. The molecular formula is C20H30O3. The largest absolute Gasteiger partial charge is 0.392 e. The first kappa shape index (κ1) is 16.9. The number of aliphatic hydroxyl groups is 2. The molecule has 0 unspecified atom stereocenters. The summed E-state index contributed by atoms with van der Waals surface area (Å²) in [5, 5.41) is 21.4. The topological polar surface area (TPSA) is 57.5 Å². The van der Waals surface area contributed by atoms with E-state index in [0.29, 0.717) is 12.3 Å². The molecule has 3 rings (SSSR count). The Hall–Kier alpha value is -0.930. The van der Waals surface area contributed by atoms with Crippen LogP contribution in [0.5, 0.6) is 0 Å². The van der Waals surface area contributed by atoms with Gasteiger partial charge >= 0.3 is 0 Å². The number of hydrogen-bond donors (Lipinski definition) is 2. The Morgan fingerprint density at radius 1 is 1.22 bits per heavy atom. The monoisotopic (exact) mass is 318 g/mol. The first-order valence-electron chi connectivity index (χ1n) is 8.89. The van der Waals surface area contributed by atoms with Crippen LogP contribution in [-0.2, 0) is 4.79 Å². The van der Waals surface area contributed by atoms with Crippen LogP contribution in [-0.4, -0.2) is 28.2 Å². The molecule has 0 heterocycles. The summed E-state index contributed by atoms with van der Waals surface area (Å²) in [6.07, 6.45) is 4.71. The molecule has 2 N–H and O–H groups in total. The Labute approximate surface area is 139 Å². The first-order valence-corrected chi connectivity index (χ1v) is 8.89. The normalized spacial score (nSPS) is 49.0. The minimum atomic E-state index is -0.627. The van der Waals surface area contributed by atoms with Crippen molar-refractivity contribution in [2.45, 2.75) is 59.2 Å². The summed E-state index contributed by atoms with van der Waals surface area (Å²) in [5.41, 5.74) is 0.299. The quantitative estimate of drug-likeness (QED) is 0.781. The van der Waals surface area contributed by atoms with Crippen molar-refractivity contribution in [2.75, 3.05) is 0 Å². The number of rotatable bonds is 1. The van der Waals surface area contributed by atoms with Crippen LogP contribution in [0.2, 0.25) is 0 Å². The van der Waals surface area contributed by atoms with E-state index in [4.69, 9.17) is 0 Å². The summed E-state index contributed by atoms with van der Waals surface area (Å²) in [4.78, 5) is 12.9. The highest BCUT2D eigenvalue weighted by Gasteiger charge is 2.63. The molecule has 0 amide bonds. The van der Waals surface area contributed by atoms with Crippen molar-refractivity contribution < 1.29 is 15.0 Å². The van der Waals surface area contributed by atoms with Gasteiger partial charge in [-0.25, -0.2) is 0 Å². The molecule has 0 aliphatic heterocycles.